The highest BCUT2D eigenvalue weighted by atomic mass is 32.2. The third-order valence-electron chi connectivity index (χ3n) is 2.09. The Kier molecular flexibility index (Phi) is 5.01. The first kappa shape index (κ1) is 19.2. The lowest BCUT2D eigenvalue weighted by Crippen LogP contribution is -2.41. The molecule has 0 amide bonds. The predicted molar refractivity (Wildman–Crippen MR) is 66.1 cm³/mol. The molecule has 0 aliphatic rings. The van der Waals surface area contributed by atoms with E-state index in [1.165, 1.54) is 6.07 Å². The Bertz CT molecular complexity index is 797. The number of hydrogen-bond acceptors (Lipinski definition) is 4. The average Bonchev–Trinajstić information content (AvgIpc) is 2.35. The Morgan fingerprint density at radius 3 is 1.74 bits per heavy atom. The predicted octanol–water partition coefficient (Wildman–Crippen LogP) is 1.72. The van der Waals surface area contributed by atoms with Crippen molar-refractivity contribution < 1.29 is 43.2 Å². The standard InChI is InChI=1S/C9H6F6N2O4S2/c10-8(11,12)22(18,19)16-7(6-4-2-1-3-5-6)17-23(20,21)9(13,14)15/h1-5H,(H,16,17). The van der Waals surface area contributed by atoms with Gasteiger partial charge in [0, 0.05) is 5.56 Å². The number of hydrogen-bond donors (Lipinski definition) is 1. The number of sulfonamides is 2. The van der Waals surface area contributed by atoms with E-state index >= 15 is 0 Å². The number of nitrogens with zero attached hydrogens (tertiary/aromatic N) is 1. The van der Waals surface area contributed by atoms with Gasteiger partial charge >= 0.3 is 31.1 Å². The molecule has 0 aliphatic heterocycles. The number of halogens is 6. The van der Waals surface area contributed by atoms with Gasteiger partial charge in [0.2, 0.25) is 0 Å². The van der Waals surface area contributed by atoms with Gasteiger partial charge in [-0.1, -0.05) is 30.3 Å². The van der Waals surface area contributed by atoms with E-state index in [2.05, 4.69) is 4.40 Å². The highest BCUT2D eigenvalue weighted by molar-refractivity contribution is 7.92. The molecule has 0 aliphatic carbocycles. The monoisotopic (exact) mass is 384 g/mol. The summed E-state index contributed by atoms with van der Waals surface area (Å²) < 4.78 is 120. The largest absolute Gasteiger partial charge is 0.518 e. The summed E-state index contributed by atoms with van der Waals surface area (Å²) in [6.45, 7) is 0. The molecule has 6 nitrogen and oxygen atoms in total. The molecule has 1 N–H and O–H groups in total. The first-order chi connectivity index (χ1) is 10.2. The first-order valence-corrected chi connectivity index (χ1v) is 8.15. The van der Waals surface area contributed by atoms with Gasteiger partial charge in [-0.25, -0.2) is 0 Å². The van der Waals surface area contributed by atoms with Crippen LogP contribution in [-0.2, 0) is 20.0 Å². The van der Waals surface area contributed by atoms with Crippen LogP contribution in [0.5, 0.6) is 0 Å². The Hall–Kier alpha value is -1.83. The van der Waals surface area contributed by atoms with Crippen LogP contribution in [0.15, 0.2) is 34.7 Å². The first-order valence-electron chi connectivity index (χ1n) is 5.23. The molecule has 0 radical (unpaired) electrons. The molecule has 0 saturated heterocycles. The van der Waals surface area contributed by atoms with Crippen LogP contribution in [0.4, 0.5) is 26.3 Å². The van der Waals surface area contributed by atoms with Crippen molar-refractivity contribution in [1.82, 2.24) is 4.72 Å². The molecule has 0 unspecified atom stereocenters. The number of alkyl halides is 6. The second-order valence-corrected chi connectivity index (χ2v) is 7.05. The minimum Gasteiger partial charge on any atom is -0.259 e. The molecule has 0 saturated carbocycles. The van der Waals surface area contributed by atoms with Gasteiger partial charge in [0.25, 0.3) is 0 Å². The zero-order valence-electron chi connectivity index (χ0n) is 10.6. The van der Waals surface area contributed by atoms with Crippen LogP contribution in [0.25, 0.3) is 0 Å². The third kappa shape index (κ3) is 4.57. The quantitative estimate of drug-likeness (QED) is 0.488. The fourth-order valence-corrected chi connectivity index (χ4v) is 2.17. The highest BCUT2D eigenvalue weighted by Crippen LogP contribution is 2.26. The summed E-state index contributed by atoms with van der Waals surface area (Å²) in [4.78, 5) is 0. The third-order valence-corrected chi connectivity index (χ3v) is 4.17. The van der Waals surface area contributed by atoms with Crippen LogP contribution < -0.4 is 4.72 Å². The fraction of sp³-hybridized carbons (Fsp3) is 0.222. The topological polar surface area (TPSA) is 92.7 Å². The van der Waals surface area contributed by atoms with E-state index in [-0.39, 0.29) is 0 Å². The van der Waals surface area contributed by atoms with Gasteiger partial charge in [-0.3, -0.25) is 4.72 Å². The minimum atomic E-state index is -6.27. The van der Waals surface area contributed by atoms with E-state index in [0.29, 0.717) is 4.72 Å². The maximum Gasteiger partial charge on any atom is 0.518 e. The maximum atomic E-state index is 12.3. The van der Waals surface area contributed by atoms with Crippen LogP contribution in [0.3, 0.4) is 0 Å². The van der Waals surface area contributed by atoms with Crippen molar-refractivity contribution in [2.24, 2.45) is 4.40 Å². The van der Waals surface area contributed by atoms with Gasteiger partial charge in [0.05, 0.1) is 0 Å². The van der Waals surface area contributed by atoms with Crippen molar-refractivity contribution in [3.63, 3.8) is 0 Å². The molecule has 0 fully saturated rings. The zero-order valence-corrected chi connectivity index (χ0v) is 12.2. The number of rotatable bonds is 3. The van der Waals surface area contributed by atoms with E-state index in [1.54, 1.807) is 0 Å². The summed E-state index contributed by atoms with van der Waals surface area (Å²) in [5.41, 5.74) is -12.4. The van der Waals surface area contributed by atoms with Gasteiger partial charge in [0.15, 0.2) is 5.84 Å². The van der Waals surface area contributed by atoms with Crippen molar-refractivity contribution in [1.29, 1.82) is 0 Å². The summed E-state index contributed by atoms with van der Waals surface area (Å²) in [5.74, 6) is -1.64. The molecular formula is C9H6F6N2O4S2. The van der Waals surface area contributed by atoms with Crippen molar-refractivity contribution in [2.75, 3.05) is 0 Å². The number of nitrogens with one attached hydrogen (secondary N) is 1. The van der Waals surface area contributed by atoms with E-state index in [4.69, 9.17) is 0 Å². The molecule has 130 valence electrons. The lowest BCUT2D eigenvalue weighted by molar-refractivity contribution is -0.0443. The fourth-order valence-electron chi connectivity index (χ4n) is 1.08. The molecule has 0 atom stereocenters. The molecule has 0 aromatic heterocycles. The highest BCUT2D eigenvalue weighted by Gasteiger charge is 2.49. The van der Waals surface area contributed by atoms with Crippen molar-refractivity contribution in [3.05, 3.63) is 35.9 Å². The Balaban J connectivity index is 3.49. The van der Waals surface area contributed by atoms with Crippen molar-refractivity contribution in [3.8, 4) is 0 Å². The second-order valence-electron chi connectivity index (χ2n) is 3.78. The molecule has 0 bridgehead atoms. The van der Waals surface area contributed by atoms with Crippen LogP contribution in [0, 0.1) is 0 Å². The SMILES string of the molecule is O=S(=O)(/N=C(/NS(=O)(=O)C(F)(F)F)c1ccccc1)C(F)(F)F. The summed E-state index contributed by atoms with van der Waals surface area (Å²) in [6, 6.07) is 5.27. The molecule has 1 aromatic rings. The summed E-state index contributed by atoms with van der Waals surface area (Å²) >= 11 is 0. The second kappa shape index (κ2) is 5.99. The maximum absolute atomic E-state index is 12.3. The van der Waals surface area contributed by atoms with Crippen molar-refractivity contribution >= 4 is 25.9 Å². The Labute approximate surface area is 125 Å². The molecule has 0 heterocycles. The smallest absolute Gasteiger partial charge is 0.259 e. The molecular weight excluding hydrogens is 378 g/mol. The molecule has 23 heavy (non-hydrogen) atoms. The van der Waals surface area contributed by atoms with E-state index in [9.17, 15) is 43.2 Å². The Morgan fingerprint density at radius 2 is 1.35 bits per heavy atom. The Morgan fingerprint density at radius 1 is 0.870 bits per heavy atom. The molecule has 1 rings (SSSR count). The number of amidine groups is 1. The van der Waals surface area contributed by atoms with Gasteiger partial charge in [-0.05, 0) is 0 Å². The number of benzene rings is 1. The van der Waals surface area contributed by atoms with Crippen LogP contribution >= 0.6 is 0 Å². The summed E-state index contributed by atoms with van der Waals surface area (Å²) in [6.07, 6.45) is 0. The van der Waals surface area contributed by atoms with E-state index < -0.39 is 42.5 Å². The van der Waals surface area contributed by atoms with E-state index in [1.807, 2.05) is 0 Å². The minimum absolute atomic E-state index is 0.617. The van der Waals surface area contributed by atoms with Crippen LogP contribution in [0.2, 0.25) is 0 Å². The van der Waals surface area contributed by atoms with Gasteiger partial charge in [0.1, 0.15) is 0 Å². The van der Waals surface area contributed by atoms with Gasteiger partial charge in [-0.2, -0.15) is 43.2 Å². The molecule has 0 spiro atoms. The summed E-state index contributed by atoms with van der Waals surface area (Å²) in [5, 5.41) is 0. The van der Waals surface area contributed by atoms with Gasteiger partial charge < -0.3 is 0 Å². The van der Waals surface area contributed by atoms with Crippen LogP contribution in [0.1, 0.15) is 5.56 Å². The van der Waals surface area contributed by atoms with E-state index in [0.717, 1.165) is 24.3 Å². The van der Waals surface area contributed by atoms with Crippen LogP contribution in [-0.4, -0.2) is 33.7 Å². The lowest BCUT2D eigenvalue weighted by atomic mass is 10.2. The molecule has 14 heteroatoms. The van der Waals surface area contributed by atoms with Crippen molar-refractivity contribution in [2.45, 2.75) is 11.0 Å². The normalized spacial score (nSPS) is 14.6. The average molecular weight is 384 g/mol. The summed E-state index contributed by atoms with van der Waals surface area (Å²) in [7, 11) is -12.4. The van der Waals surface area contributed by atoms with Gasteiger partial charge in [-0.15, -0.1) is 4.40 Å². The zero-order chi connectivity index (χ0) is 18.1. The lowest BCUT2D eigenvalue weighted by Gasteiger charge is -2.13. The molecule has 1 aromatic carbocycles.